The van der Waals surface area contributed by atoms with Gasteiger partial charge in [0.25, 0.3) is 0 Å². The van der Waals surface area contributed by atoms with Gasteiger partial charge in [0.2, 0.25) is 0 Å². The molecule has 2 aromatic carbocycles. The molecule has 18 heavy (non-hydrogen) atoms. The molecular weight excluding hydrogens is 246 g/mol. The number of nitrogens with two attached hydrogens (primary N) is 1. The normalized spacial score (nSPS) is 9.61. The zero-order chi connectivity index (χ0) is 12.8. The van der Waals surface area contributed by atoms with E-state index >= 15 is 0 Å². The van der Waals surface area contributed by atoms with Crippen molar-refractivity contribution in [3.05, 3.63) is 65.9 Å². The Labute approximate surface area is 110 Å². The third-order valence-corrected chi connectivity index (χ3v) is 2.56. The van der Waals surface area contributed by atoms with Crippen LogP contribution >= 0.6 is 11.6 Å². The van der Waals surface area contributed by atoms with Crippen LogP contribution in [0.4, 0.5) is 5.82 Å². The largest absolute Gasteiger partial charge is 0.383 e. The standard InChI is InChI=1S/C8H7N3.C6H5Cl/c9-8-6-3-1-2-4-7(6)10-5-11-8;7-6-4-2-1-3-5-6/h1-5H,(H2,9,10,11);1-5H. The molecule has 3 nitrogen and oxygen atoms in total. The molecule has 90 valence electrons. The van der Waals surface area contributed by atoms with Gasteiger partial charge in [-0.25, -0.2) is 9.97 Å². The van der Waals surface area contributed by atoms with Crippen LogP contribution in [0.25, 0.3) is 10.9 Å². The van der Waals surface area contributed by atoms with E-state index in [1.54, 1.807) is 0 Å². The van der Waals surface area contributed by atoms with Crippen LogP contribution < -0.4 is 5.73 Å². The van der Waals surface area contributed by atoms with Gasteiger partial charge < -0.3 is 5.73 Å². The number of benzene rings is 2. The van der Waals surface area contributed by atoms with Crippen LogP contribution in [0.5, 0.6) is 0 Å². The lowest BCUT2D eigenvalue weighted by Gasteiger charge is -1.96. The van der Waals surface area contributed by atoms with E-state index < -0.39 is 0 Å². The third kappa shape index (κ3) is 3.18. The molecule has 0 saturated carbocycles. The maximum absolute atomic E-state index is 5.61. The summed E-state index contributed by atoms with van der Waals surface area (Å²) < 4.78 is 0. The highest BCUT2D eigenvalue weighted by Gasteiger charge is 1.95. The van der Waals surface area contributed by atoms with Crippen LogP contribution in [0.2, 0.25) is 5.02 Å². The van der Waals surface area contributed by atoms with Crippen LogP contribution in [-0.4, -0.2) is 9.97 Å². The molecule has 0 atom stereocenters. The summed E-state index contributed by atoms with van der Waals surface area (Å²) in [6, 6.07) is 17.1. The molecule has 0 spiro atoms. The smallest absolute Gasteiger partial charge is 0.134 e. The van der Waals surface area contributed by atoms with Crippen molar-refractivity contribution in [3.8, 4) is 0 Å². The van der Waals surface area contributed by atoms with E-state index in [0.29, 0.717) is 5.82 Å². The fourth-order valence-electron chi connectivity index (χ4n) is 1.44. The van der Waals surface area contributed by atoms with Crippen LogP contribution in [0, 0.1) is 0 Å². The van der Waals surface area contributed by atoms with E-state index in [1.807, 2.05) is 54.6 Å². The fraction of sp³-hybridized carbons (Fsp3) is 0. The minimum atomic E-state index is 0.538. The minimum absolute atomic E-state index is 0.538. The highest BCUT2D eigenvalue weighted by molar-refractivity contribution is 6.30. The molecule has 2 N–H and O–H groups in total. The summed E-state index contributed by atoms with van der Waals surface area (Å²) >= 11 is 5.54. The van der Waals surface area contributed by atoms with Gasteiger partial charge in [0.05, 0.1) is 5.52 Å². The van der Waals surface area contributed by atoms with Crippen molar-refractivity contribution in [3.63, 3.8) is 0 Å². The van der Waals surface area contributed by atoms with Crippen molar-refractivity contribution in [2.75, 3.05) is 5.73 Å². The number of nitrogen functional groups attached to an aromatic ring is 1. The van der Waals surface area contributed by atoms with Gasteiger partial charge in [-0.15, -0.1) is 0 Å². The number of fused-ring (bicyclic) bond motifs is 1. The summed E-state index contributed by atoms with van der Waals surface area (Å²) in [5.41, 5.74) is 6.49. The topological polar surface area (TPSA) is 51.8 Å². The summed E-state index contributed by atoms with van der Waals surface area (Å²) in [5.74, 6) is 0.538. The summed E-state index contributed by atoms with van der Waals surface area (Å²) in [4.78, 5) is 7.92. The fourth-order valence-corrected chi connectivity index (χ4v) is 1.59. The molecule has 3 rings (SSSR count). The minimum Gasteiger partial charge on any atom is -0.383 e. The summed E-state index contributed by atoms with van der Waals surface area (Å²) in [5, 5.41) is 1.71. The molecule has 0 aliphatic carbocycles. The second kappa shape index (κ2) is 5.98. The van der Waals surface area contributed by atoms with Crippen molar-refractivity contribution in [1.82, 2.24) is 9.97 Å². The van der Waals surface area contributed by atoms with Crippen LogP contribution in [-0.2, 0) is 0 Å². The van der Waals surface area contributed by atoms with Crippen LogP contribution in [0.3, 0.4) is 0 Å². The van der Waals surface area contributed by atoms with Crippen molar-refractivity contribution in [2.45, 2.75) is 0 Å². The Morgan fingerprint density at radius 3 is 2.11 bits per heavy atom. The van der Waals surface area contributed by atoms with E-state index in [9.17, 15) is 0 Å². The first-order chi connectivity index (χ1) is 8.77. The number of rotatable bonds is 0. The lowest BCUT2D eigenvalue weighted by atomic mass is 10.2. The quantitative estimate of drug-likeness (QED) is 0.670. The van der Waals surface area contributed by atoms with Crippen LogP contribution in [0.15, 0.2) is 60.9 Å². The highest BCUT2D eigenvalue weighted by atomic mass is 35.5. The Hall–Kier alpha value is -2.13. The van der Waals surface area contributed by atoms with Crippen LogP contribution in [0.1, 0.15) is 0 Å². The molecule has 3 aromatic rings. The first kappa shape index (κ1) is 12.3. The van der Waals surface area contributed by atoms with Gasteiger partial charge in [0, 0.05) is 10.4 Å². The zero-order valence-corrected chi connectivity index (χ0v) is 10.4. The highest BCUT2D eigenvalue weighted by Crippen LogP contribution is 2.14. The van der Waals surface area contributed by atoms with E-state index in [-0.39, 0.29) is 0 Å². The predicted molar refractivity (Wildman–Crippen MR) is 75.4 cm³/mol. The van der Waals surface area contributed by atoms with Crippen molar-refractivity contribution >= 4 is 28.3 Å². The average molecular weight is 258 g/mol. The second-order valence-electron chi connectivity index (χ2n) is 3.57. The predicted octanol–water partition coefficient (Wildman–Crippen LogP) is 3.55. The van der Waals surface area contributed by atoms with Crippen molar-refractivity contribution in [2.24, 2.45) is 0 Å². The van der Waals surface area contributed by atoms with Gasteiger partial charge in [-0.2, -0.15) is 0 Å². The summed E-state index contributed by atoms with van der Waals surface area (Å²) in [6.45, 7) is 0. The van der Waals surface area contributed by atoms with Gasteiger partial charge in [0.1, 0.15) is 12.1 Å². The zero-order valence-electron chi connectivity index (χ0n) is 9.62. The monoisotopic (exact) mass is 257 g/mol. The number of para-hydroxylation sites is 1. The van der Waals surface area contributed by atoms with Gasteiger partial charge in [-0.05, 0) is 24.3 Å². The molecule has 0 amide bonds. The molecule has 1 aromatic heterocycles. The molecule has 0 saturated heterocycles. The van der Waals surface area contributed by atoms with Gasteiger partial charge in [-0.3, -0.25) is 0 Å². The maximum Gasteiger partial charge on any atom is 0.134 e. The van der Waals surface area contributed by atoms with Gasteiger partial charge in [0.15, 0.2) is 0 Å². The van der Waals surface area contributed by atoms with Crippen molar-refractivity contribution in [1.29, 1.82) is 0 Å². The average Bonchev–Trinajstić information content (AvgIpc) is 2.41. The number of hydrogen-bond donors (Lipinski definition) is 1. The molecule has 0 aliphatic rings. The van der Waals surface area contributed by atoms with E-state index in [2.05, 4.69) is 9.97 Å². The summed E-state index contributed by atoms with van der Waals surface area (Å²) in [6.07, 6.45) is 1.47. The molecule has 4 heteroatoms. The molecule has 0 aliphatic heterocycles. The molecule has 0 unspecified atom stereocenters. The molecule has 0 radical (unpaired) electrons. The Balaban J connectivity index is 0.000000149. The Bertz CT molecular complexity index is 621. The summed E-state index contributed by atoms with van der Waals surface area (Å²) in [7, 11) is 0. The Kier molecular flexibility index (Phi) is 4.10. The number of halogens is 1. The van der Waals surface area contributed by atoms with Gasteiger partial charge in [-0.1, -0.05) is 41.9 Å². The van der Waals surface area contributed by atoms with E-state index in [1.165, 1.54) is 6.33 Å². The first-order valence-electron chi connectivity index (χ1n) is 5.43. The number of hydrogen-bond acceptors (Lipinski definition) is 3. The lowest BCUT2D eigenvalue weighted by Crippen LogP contribution is -1.91. The van der Waals surface area contributed by atoms with Crippen molar-refractivity contribution < 1.29 is 0 Å². The third-order valence-electron chi connectivity index (χ3n) is 2.31. The number of nitrogens with zero attached hydrogens (tertiary/aromatic N) is 2. The Morgan fingerprint density at radius 1 is 0.833 bits per heavy atom. The maximum atomic E-state index is 5.61. The van der Waals surface area contributed by atoms with E-state index in [4.69, 9.17) is 17.3 Å². The lowest BCUT2D eigenvalue weighted by molar-refractivity contribution is 1.23. The SMILES string of the molecule is Clc1ccccc1.Nc1ncnc2ccccc12. The molecule has 1 heterocycles. The molecule has 0 bridgehead atoms. The second-order valence-corrected chi connectivity index (χ2v) is 4.01. The molecule has 0 fully saturated rings. The first-order valence-corrected chi connectivity index (χ1v) is 5.81. The van der Waals surface area contributed by atoms with E-state index in [0.717, 1.165) is 15.9 Å². The Morgan fingerprint density at radius 2 is 1.50 bits per heavy atom. The number of aromatic nitrogens is 2. The number of anilines is 1. The van der Waals surface area contributed by atoms with Gasteiger partial charge >= 0.3 is 0 Å². The molecular formula is C14H12ClN3.